The molecule has 3 rings (SSSR count). The van der Waals surface area contributed by atoms with Crippen molar-refractivity contribution in [3.63, 3.8) is 0 Å². The largest absolute Gasteiger partial charge is 0.496 e. The molecule has 1 aromatic heterocycles. The lowest BCUT2D eigenvalue weighted by Gasteiger charge is -2.09. The van der Waals surface area contributed by atoms with E-state index in [4.69, 9.17) is 9.47 Å². The maximum Gasteiger partial charge on any atom is 0.287 e. The van der Waals surface area contributed by atoms with E-state index in [-0.39, 0.29) is 5.91 Å². The van der Waals surface area contributed by atoms with Crippen LogP contribution in [0.2, 0.25) is 0 Å². The number of hydrogen-bond acceptors (Lipinski definition) is 4. The Morgan fingerprint density at radius 2 is 1.81 bits per heavy atom. The molecule has 0 fully saturated rings. The Bertz CT molecular complexity index is 1020. The van der Waals surface area contributed by atoms with Crippen molar-refractivity contribution < 1.29 is 14.3 Å². The zero-order chi connectivity index (χ0) is 18.8. The summed E-state index contributed by atoms with van der Waals surface area (Å²) in [4.78, 5) is 18.0. The van der Waals surface area contributed by atoms with Gasteiger partial charge in [-0.3, -0.25) is 4.79 Å². The molecule has 5 nitrogen and oxygen atoms in total. The van der Waals surface area contributed by atoms with Gasteiger partial charge in [-0.25, -0.2) is 0 Å². The molecule has 0 aliphatic rings. The number of aromatic nitrogens is 1. The second kappa shape index (κ2) is 7.33. The van der Waals surface area contributed by atoms with Crippen molar-refractivity contribution in [2.45, 2.75) is 27.3 Å². The number of hydrogen-bond donors (Lipinski definition) is 0. The van der Waals surface area contributed by atoms with Gasteiger partial charge in [0.2, 0.25) is 0 Å². The predicted molar refractivity (Wildman–Crippen MR) is 104 cm³/mol. The van der Waals surface area contributed by atoms with Crippen molar-refractivity contribution in [2.24, 2.45) is 4.99 Å². The maximum atomic E-state index is 12.9. The van der Waals surface area contributed by atoms with Gasteiger partial charge in [0.1, 0.15) is 17.1 Å². The number of rotatable bonds is 4. The van der Waals surface area contributed by atoms with Crippen LogP contribution in [0.1, 0.15) is 28.4 Å². The third-order valence-electron chi connectivity index (χ3n) is 4.27. The van der Waals surface area contributed by atoms with Crippen LogP contribution in [0.3, 0.4) is 0 Å². The van der Waals surface area contributed by atoms with E-state index in [1.165, 1.54) is 36.7 Å². The van der Waals surface area contributed by atoms with E-state index in [9.17, 15) is 4.79 Å². The summed E-state index contributed by atoms with van der Waals surface area (Å²) in [6.45, 7) is 6.95. The molecule has 26 heavy (non-hydrogen) atoms. The van der Waals surface area contributed by atoms with Gasteiger partial charge in [0, 0.05) is 6.54 Å². The normalized spacial score (nSPS) is 11.8. The highest BCUT2D eigenvalue weighted by Gasteiger charge is 2.18. The molecule has 0 saturated heterocycles. The van der Waals surface area contributed by atoms with E-state index in [2.05, 4.69) is 42.5 Å². The summed E-state index contributed by atoms with van der Waals surface area (Å²) in [5, 5.41) is 0. The molecular formula is C20H22N2O3S. The standard InChI is InChI=1S/C20H22N2O3S/c1-6-22-14-11-12(2)10-13(3)18(14)26-20(22)21-19(23)17-15(24-4)8-7-9-16(17)25-5/h7-11H,6H2,1-5H3. The lowest BCUT2D eigenvalue weighted by Crippen LogP contribution is -2.16. The molecule has 0 N–H and O–H groups in total. The fourth-order valence-electron chi connectivity index (χ4n) is 3.11. The third-order valence-corrected chi connectivity index (χ3v) is 5.50. The van der Waals surface area contributed by atoms with Crippen LogP contribution in [0, 0.1) is 13.8 Å². The number of benzene rings is 2. The zero-order valence-corrected chi connectivity index (χ0v) is 16.4. The van der Waals surface area contributed by atoms with Gasteiger partial charge >= 0.3 is 0 Å². The Hall–Kier alpha value is -2.60. The lowest BCUT2D eigenvalue weighted by molar-refractivity contribution is 0.0992. The van der Waals surface area contributed by atoms with Gasteiger partial charge in [-0.2, -0.15) is 4.99 Å². The van der Waals surface area contributed by atoms with Crippen molar-refractivity contribution in [3.05, 3.63) is 51.8 Å². The first kappa shape index (κ1) is 18.2. The highest BCUT2D eigenvalue weighted by atomic mass is 32.1. The fourth-order valence-corrected chi connectivity index (χ4v) is 4.25. The molecule has 2 aromatic carbocycles. The third kappa shape index (κ3) is 3.12. The summed E-state index contributed by atoms with van der Waals surface area (Å²) in [7, 11) is 3.06. The first-order valence-corrected chi connectivity index (χ1v) is 9.22. The molecule has 0 spiro atoms. The average molecular weight is 370 g/mol. The minimum absolute atomic E-state index is 0.338. The maximum absolute atomic E-state index is 12.9. The van der Waals surface area contributed by atoms with Crippen LogP contribution in [-0.2, 0) is 6.54 Å². The van der Waals surface area contributed by atoms with Crippen LogP contribution in [-0.4, -0.2) is 24.7 Å². The Morgan fingerprint density at radius 3 is 2.38 bits per heavy atom. The first-order valence-electron chi connectivity index (χ1n) is 8.40. The second-order valence-corrected chi connectivity index (χ2v) is 6.99. The Kier molecular flexibility index (Phi) is 5.13. The number of carbonyl (C=O) groups is 1. The summed E-state index contributed by atoms with van der Waals surface area (Å²) in [6.07, 6.45) is 0. The van der Waals surface area contributed by atoms with Gasteiger partial charge in [-0.1, -0.05) is 23.5 Å². The molecule has 136 valence electrons. The minimum atomic E-state index is -0.373. The summed E-state index contributed by atoms with van der Waals surface area (Å²) in [5.74, 6) is 0.533. The molecule has 0 atom stereocenters. The van der Waals surface area contributed by atoms with E-state index in [0.717, 1.165) is 16.8 Å². The fraction of sp³-hybridized carbons (Fsp3) is 0.300. The van der Waals surface area contributed by atoms with E-state index in [1.54, 1.807) is 18.2 Å². The molecule has 0 bridgehead atoms. The first-order chi connectivity index (χ1) is 12.5. The monoisotopic (exact) mass is 370 g/mol. The lowest BCUT2D eigenvalue weighted by atomic mass is 10.1. The predicted octanol–water partition coefficient (Wildman–Crippen LogP) is 4.10. The molecule has 0 aliphatic heterocycles. The smallest absolute Gasteiger partial charge is 0.287 e. The molecule has 6 heteroatoms. The SMILES string of the molecule is CCn1c(=NC(=O)c2c(OC)cccc2OC)sc2c(C)cc(C)cc21. The minimum Gasteiger partial charge on any atom is -0.496 e. The molecule has 1 amide bonds. The Balaban J connectivity index is 2.23. The number of thiazole rings is 1. The van der Waals surface area contributed by atoms with Crippen LogP contribution >= 0.6 is 11.3 Å². The summed E-state index contributed by atoms with van der Waals surface area (Å²) in [6, 6.07) is 9.53. The Morgan fingerprint density at radius 1 is 1.15 bits per heavy atom. The quantitative estimate of drug-likeness (QED) is 0.695. The van der Waals surface area contributed by atoms with Crippen molar-refractivity contribution in [1.82, 2.24) is 4.57 Å². The van der Waals surface area contributed by atoms with Crippen LogP contribution in [0.4, 0.5) is 0 Å². The number of nitrogens with zero attached hydrogens (tertiary/aromatic N) is 2. The molecule has 3 aromatic rings. The molecule has 0 unspecified atom stereocenters. The van der Waals surface area contributed by atoms with Gasteiger partial charge in [0.15, 0.2) is 4.80 Å². The number of fused-ring (bicyclic) bond motifs is 1. The molecule has 0 radical (unpaired) electrons. The highest BCUT2D eigenvalue weighted by Crippen LogP contribution is 2.29. The van der Waals surface area contributed by atoms with Crippen molar-refractivity contribution in [3.8, 4) is 11.5 Å². The van der Waals surface area contributed by atoms with Crippen LogP contribution < -0.4 is 14.3 Å². The number of ether oxygens (including phenoxy) is 2. The van der Waals surface area contributed by atoms with Crippen molar-refractivity contribution in [2.75, 3.05) is 14.2 Å². The van der Waals surface area contributed by atoms with Gasteiger partial charge < -0.3 is 14.0 Å². The zero-order valence-electron chi connectivity index (χ0n) is 15.6. The van der Waals surface area contributed by atoms with E-state index in [1.807, 2.05) is 0 Å². The van der Waals surface area contributed by atoms with E-state index in [0.29, 0.717) is 21.9 Å². The number of aryl methyl sites for hydroxylation is 3. The Labute approximate surface area is 156 Å². The van der Waals surface area contributed by atoms with Gasteiger partial charge in [-0.05, 0) is 50.1 Å². The summed E-state index contributed by atoms with van der Waals surface area (Å²) >= 11 is 1.53. The van der Waals surface area contributed by atoms with Crippen LogP contribution in [0.5, 0.6) is 11.5 Å². The van der Waals surface area contributed by atoms with Crippen molar-refractivity contribution in [1.29, 1.82) is 0 Å². The van der Waals surface area contributed by atoms with Crippen LogP contribution in [0.25, 0.3) is 10.2 Å². The van der Waals surface area contributed by atoms with Gasteiger partial charge in [-0.15, -0.1) is 0 Å². The molecule has 1 heterocycles. The van der Waals surface area contributed by atoms with E-state index >= 15 is 0 Å². The number of carbonyl (C=O) groups excluding carboxylic acids is 1. The second-order valence-electron chi connectivity index (χ2n) is 6.01. The number of methoxy groups -OCH3 is 2. The molecule has 0 saturated carbocycles. The molecule has 0 aliphatic carbocycles. The van der Waals surface area contributed by atoms with Crippen molar-refractivity contribution >= 4 is 27.5 Å². The number of amides is 1. The molecular weight excluding hydrogens is 348 g/mol. The highest BCUT2D eigenvalue weighted by molar-refractivity contribution is 7.16. The topological polar surface area (TPSA) is 52.8 Å². The summed E-state index contributed by atoms with van der Waals surface area (Å²) in [5.41, 5.74) is 3.83. The van der Waals surface area contributed by atoms with Crippen LogP contribution in [0.15, 0.2) is 35.3 Å². The summed E-state index contributed by atoms with van der Waals surface area (Å²) < 4.78 is 13.9. The average Bonchev–Trinajstić information content (AvgIpc) is 2.97. The van der Waals surface area contributed by atoms with E-state index < -0.39 is 0 Å². The van der Waals surface area contributed by atoms with Gasteiger partial charge in [0.05, 0.1) is 24.4 Å². The van der Waals surface area contributed by atoms with Gasteiger partial charge in [0.25, 0.3) is 5.91 Å².